The standard InChI is InChI=1S/C15H21N3O4/c1-9-13(11(3)19)10(2)18(16-9)8-12(20)17-7-5-6-15(17,4)14(21)22/h5-8H2,1-4H3,(H,21,22)/t15-/m0/s1. The average molecular weight is 307 g/mol. The van der Waals surface area contributed by atoms with Gasteiger partial charge in [-0.25, -0.2) is 4.79 Å². The number of hydrogen-bond donors (Lipinski definition) is 1. The normalized spacial score (nSPS) is 21.2. The second-order valence-electron chi connectivity index (χ2n) is 5.99. The Morgan fingerprint density at radius 1 is 1.32 bits per heavy atom. The van der Waals surface area contributed by atoms with Crippen LogP contribution >= 0.6 is 0 Å². The first-order valence-electron chi connectivity index (χ1n) is 7.27. The second kappa shape index (κ2) is 5.55. The lowest BCUT2D eigenvalue weighted by atomic mass is 9.99. The van der Waals surface area contributed by atoms with Gasteiger partial charge in [0.25, 0.3) is 0 Å². The third kappa shape index (κ3) is 2.51. The van der Waals surface area contributed by atoms with Gasteiger partial charge >= 0.3 is 5.97 Å². The first-order valence-corrected chi connectivity index (χ1v) is 7.27. The van der Waals surface area contributed by atoms with Crippen molar-refractivity contribution in [1.29, 1.82) is 0 Å². The van der Waals surface area contributed by atoms with E-state index in [1.807, 2.05) is 0 Å². The summed E-state index contributed by atoms with van der Waals surface area (Å²) in [6.07, 6.45) is 1.12. The summed E-state index contributed by atoms with van der Waals surface area (Å²) < 4.78 is 1.48. The van der Waals surface area contributed by atoms with Crippen molar-refractivity contribution in [3.8, 4) is 0 Å². The number of ketones is 1. The van der Waals surface area contributed by atoms with Crippen LogP contribution in [-0.4, -0.2) is 49.5 Å². The molecule has 1 atom stereocenters. The average Bonchev–Trinajstić information content (AvgIpc) is 2.92. The molecule has 0 unspecified atom stereocenters. The van der Waals surface area contributed by atoms with Crippen LogP contribution in [0.2, 0.25) is 0 Å². The Kier molecular flexibility index (Phi) is 4.08. The van der Waals surface area contributed by atoms with Gasteiger partial charge < -0.3 is 10.0 Å². The first kappa shape index (κ1) is 16.2. The van der Waals surface area contributed by atoms with E-state index in [1.54, 1.807) is 20.8 Å². The fraction of sp³-hybridized carbons (Fsp3) is 0.600. The van der Waals surface area contributed by atoms with Crippen molar-refractivity contribution >= 4 is 17.7 Å². The van der Waals surface area contributed by atoms with Crippen LogP contribution in [0.25, 0.3) is 0 Å². The lowest BCUT2D eigenvalue weighted by Crippen LogP contribution is -2.51. The van der Waals surface area contributed by atoms with E-state index in [2.05, 4.69) is 5.10 Å². The Morgan fingerprint density at radius 2 is 1.95 bits per heavy atom. The number of carbonyl (C=O) groups is 3. The smallest absolute Gasteiger partial charge is 0.329 e. The summed E-state index contributed by atoms with van der Waals surface area (Å²) in [5.74, 6) is -1.37. The van der Waals surface area contributed by atoms with Crippen LogP contribution in [0, 0.1) is 13.8 Å². The molecule has 1 amide bonds. The highest BCUT2D eigenvalue weighted by molar-refractivity contribution is 5.96. The van der Waals surface area contributed by atoms with Crippen LogP contribution in [0.5, 0.6) is 0 Å². The van der Waals surface area contributed by atoms with Crippen LogP contribution in [0.4, 0.5) is 0 Å². The van der Waals surface area contributed by atoms with E-state index in [1.165, 1.54) is 16.5 Å². The Labute approximate surface area is 128 Å². The topological polar surface area (TPSA) is 92.5 Å². The number of likely N-dealkylation sites (tertiary alicyclic amines) is 1. The van der Waals surface area contributed by atoms with Crippen LogP contribution < -0.4 is 0 Å². The molecule has 0 saturated carbocycles. The monoisotopic (exact) mass is 307 g/mol. The lowest BCUT2D eigenvalue weighted by Gasteiger charge is -2.31. The second-order valence-corrected chi connectivity index (χ2v) is 5.99. The summed E-state index contributed by atoms with van der Waals surface area (Å²) in [6.45, 7) is 6.88. The Morgan fingerprint density at radius 3 is 2.45 bits per heavy atom. The van der Waals surface area contributed by atoms with Crippen molar-refractivity contribution in [2.45, 2.75) is 52.6 Å². The molecule has 1 aromatic rings. The van der Waals surface area contributed by atoms with E-state index in [0.29, 0.717) is 36.3 Å². The number of aryl methyl sites for hydroxylation is 1. The first-order chi connectivity index (χ1) is 10.2. The number of amides is 1. The summed E-state index contributed by atoms with van der Waals surface area (Å²) in [5.41, 5.74) is 0.585. The number of aromatic nitrogens is 2. The molecular weight excluding hydrogens is 286 g/mol. The lowest BCUT2D eigenvalue weighted by molar-refractivity contribution is -0.155. The fourth-order valence-corrected chi connectivity index (χ4v) is 3.16. The molecule has 1 aliphatic heterocycles. The maximum Gasteiger partial charge on any atom is 0.329 e. The highest BCUT2D eigenvalue weighted by Gasteiger charge is 2.45. The predicted molar refractivity (Wildman–Crippen MR) is 78.7 cm³/mol. The number of hydrogen-bond acceptors (Lipinski definition) is 4. The predicted octanol–water partition coefficient (Wildman–Crippen LogP) is 1.17. The van der Waals surface area contributed by atoms with E-state index < -0.39 is 11.5 Å². The molecule has 22 heavy (non-hydrogen) atoms. The van der Waals surface area contributed by atoms with E-state index in [9.17, 15) is 19.5 Å². The summed E-state index contributed by atoms with van der Waals surface area (Å²) in [6, 6.07) is 0. The molecule has 0 radical (unpaired) electrons. The summed E-state index contributed by atoms with van der Waals surface area (Å²) in [7, 11) is 0. The number of carboxylic acids is 1. The zero-order valence-corrected chi connectivity index (χ0v) is 13.3. The minimum Gasteiger partial charge on any atom is -0.480 e. The van der Waals surface area contributed by atoms with Gasteiger partial charge in [0.1, 0.15) is 12.1 Å². The van der Waals surface area contributed by atoms with Gasteiger partial charge in [-0.1, -0.05) is 0 Å². The molecule has 1 fully saturated rings. The molecule has 1 saturated heterocycles. The number of carbonyl (C=O) groups excluding carboxylic acids is 2. The molecule has 2 heterocycles. The summed E-state index contributed by atoms with van der Waals surface area (Å²) in [5, 5.41) is 13.6. The van der Waals surface area contributed by atoms with Crippen molar-refractivity contribution in [3.63, 3.8) is 0 Å². The van der Waals surface area contributed by atoms with Crippen molar-refractivity contribution in [3.05, 3.63) is 17.0 Å². The van der Waals surface area contributed by atoms with Crippen molar-refractivity contribution in [1.82, 2.24) is 14.7 Å². The molecule has 0 aliphatic carbocycles. The summed E-state index contributed by atoms with van der Waals surface area (Å²) in [4.78, 5) is 36.9. The molecule has 0 spiro atoms. The molecule has 1 aliphatic rings. The maximum absolute atomic E-state index is 12.5. The number of rotatable bonds is 4. The Bertz CT molecular complexity index is 649. The highest BCUT2D eigenvalue weighted by Crippen LogP contribution is 2.29. The van der Waals surface area contributed by atoms with Gasteiger partial charge in [0.2, 0.25) is 5.91 Å². The third-order valence-electron chi connectivity index (χ3n) is 4.42. The van der Waals surface area contributed by atoms with Crippen LogP contribution in [0.15, 0.2) is 0 Å². The van der Waals surface area contributed by atoms with Crippen molar-refractivity contribution < 1.29 is 19.5 Å². The van der Waals surface area contributed by atoms with Crippen LogP contribution in [-0.2, 0) is 16.1 Å². The van der Waals surface area contributed by atoms with E-state index in [0.717, 1.165) is 0 Å². The van der Waals surface area contributed by atoms with Crippen molar-refractivity contribution in [2.75, 3.05) is 6.54 Å². The summed E-state index contributed by atoms with van der Waals surface area (Å²) >= 11 is 0. The quantitative estimate of drug-likeness (QED) is 0.843. The number of Topliss-reactive ketones (excluding diaryl/α,β-unsaturated/α-hetero) is 1. The molecule has 2 rings (SSSR count). The Balaban J connectivity index is 2.25. The van der Waals surface area contributed by atoms with Gasteiger partial charge in [-0.2, -0.15) is 5.10 Å². The van der Waals surface area contributed by atoms with Crippen LogP contribution in [0.3, 0.4) is 0 Å². The van der Waals surface area contributed by atoms with Crippen LogP contribution in [0.1, 0.15) is 48.4 Å². The molecule has 1 N–H and O–H groups in total. The van der Waals surface area contributed by atoms with Gasteiger partial charge in [-0.15, -0.1) is 0 Å². The maximum atomic E-state index is 12.5. The molecular formula is C15H21N3O4. The zero-order valence-electron chi connectivity index (χ0n) is 13.3. The number of nitrogens with zero attached hydrogens (tertiary/aromatic N) is 3. The minimum atomic E-state index is -1.16. The van der Waals surface area contributed by atoms with E-state index in [-0.39, 0.29) is 18.2 Å². The molecule has 1 aromatic heterocycles. The van der Waals surface area contributed by atoms with E-state index in [4.69, 9.17) is 0 Å². The molecule has 7 heteroatoms. The number of carboxylic acid groups (broad SMARTS) is 1. The van der Waals surface area contributed by atoms with Gasteiger partial charge in [0.15, 0.2) is 5.78 Å². The van der Waals surface area contributed by atoms with Gasteiger partial charge in [-0.05, 0) is 40.5 Å². The fourth-order valence-electron chi connectivity index (χ4n) is 3.16. The van der Waals surface area contributed by atoms with Gasteiger partial charge in [0, 0.05) is 12.2 Å². The molecule has 120 valence electrons. The largest absolute Gasteiger partial charge is 0.480 e. The SMILES string of the molecule is CC(=O)c1c(C)nn(CC(=O)N2CCC[C@@]2(C)C(=O)O)c1C. The zero-order chi connectivity index (χ0) is 16.7. The van der Waals surface area contributed by atoms with Gasteiger partial charge in [0.05, 0.1) is 11.3 Å². The van der Waals surface area contributed by atoms with Gasteiger partial charge in [-0.3, -0.25) is 14.3 Å². The Hall–Kier alpha value is -2.18. The van der Waals surface area contributed by atoms with E-state index >= 15 is 0 Å². The molecule has 0 bridgehead atoms. The third-order valence-corrected chi connectivity index (χ3v) is 4.42. The highest BCUT2D eigenvalue weighted by atomic mass is 16.4. The number of aliphatic carboxylic acids is 1. The molecule has 7 nitrogen and oxygen atoms in total. The van der Waals surface area contributed by atoms with Crippen molar-refractivity contribution in [2.24, 2.45) is 0 Å². The molecule has 0 aromatic carbocycles. The minimum absolute atomic E-state index is 0.0528.